The minimum atomic E-state index is -0.696. The van der Waals surface area contributed by atoms with E-state index in [2.05, 4.69) is 10.6 Å². The van der Waals surface area contributed by atoms with Crippen molar-refractivity contribution in [1.82, 2.24) is 10.6 Å². The van der Waals surface area contributed by atoms with E-state index in [0.29, 0.717) is 6.54 Å². The van der Waals surface area contributed by atoms with E-state index in [9.17, 15) is 14.0 Å². The fraction of sp³-hybridized carbons (Fsp3) is 0.385. The van der Waals surface area contributed by atoms with Crippen LogP contribution in [-0.4, -0.2) is 24.4 Å². The van der Waals surface area contributed by atoms with Crippen LogP contribution >= 0.6 is 0 Å². The summed E-state index contributed by atoms with van der Waals surface area (Å²) in [6, 6.07) is 3.64. The fourth-order valence-electron chi connectivity index (χ4n) is 1.47. The van der Waals surface area contributed by atoms with E-state index in [1.807, 2.05) is 0 Å². The zero-order valence-corrected chi connectivity index (χ0v) is 10.7. The third-order valence-electron chi connectivity index (χ3n) is 2.46. The highest BCUT2D eigenvalue weighted by molar-refractivity contribution is 5.97. The summed E-state index contributed by atoms with van der Waals surface area (Å²) in [6.45, 7) is 5.56. The molecule has 0 bridgehead atoms. The van der Waals surface area contributed by atoms with E-state index in [0.717, 1.165) is 5.56 Å². The highest BCUT2D eigenvalue weighted by Crippen LogP contribution is 2.09. The minimum Gasteiger partial charge on any atom is -0.355 e. The zero-order valence-electron chi connectivity index (χ0n) is 10.7. The molecule has 0 radical (unpaired) electrons. The van der Waals surface area contributed by atoms with Crippen LogP contribution in [0.5, 0.6) is 0 Å². The molecule has 98 valence electrons. The second-order valence-electron chi connectivity index (χ2n) is 4.07. The van der Waals surface area contributed by atoms with E-state index in [4.69, 9.17) is 0 Å². The SMILES string of the molecule is CCNC(=O)C(C)NC(=O)c1ccc(C)cc1F. The summed E-state index contributed by atoms with van der Waals surface area (Å²) in [6.07, 6.45) is 0. The molecule has 2 amide bonds. The number of halogens is 1. The summed E-state index contributed by atoms with van der Waals surface area (Å²) < 4.78 is 13.5. The van der Waals surface area contributed by atoms with Crippen molar-refractivity contribution in [2.24, 2.45) is 0 Å². The van der Waals surface area contributed by atoms with Crippen LogP contribution in [-0.2, 0) is 4.79 Å². The molecule has 1 rings (SSSR count). The van der Waals surface area contributed by atoms with Crippen molar-refractivity contribution in [3.8, 4) is 0 Å². The van der Waals surface area contributed by atoms with E-state index < -0.39 is 17.8 Å². The van der Waals surface area contributed by atoms with Crippen LogP contribution in [0.1, 0.15) is 29.8 Å². The number of hydrogen-bond donors (Lipinski definition) is 2. The molecule has 0 aromatic heterocycles. The first-order valence-corrected chi connectivity index (χ1v) is 5.80. The molecule has 0 fully saturated rings. The topological polar surface area (TPSA) is 58.2 Å². The molecule has 0 saturated heterocycles. The Bertz CT molecular complexity index is 460. The number of nitrogens with one attached hydrogen (secondary N) is 2. The maximum absolute atomic E-state index is 13.5. The van der Waals surface area contributed by atoms with Crippen LogP contribution in [0.4, 0.5) is 4.39 Å². The average molecular weight is 252 g/mol. The lowest BCUT2D eigenvalue weighted by molar-refractivity contribution is -0.122. The van der Waals surface area contributed by atoms with Gasteiger partial charge in [-0.1, -0.05) is 6.07 Å². The molecule has 1 atom stereocenters. The summed E-state index contributed by atoms with van der Waals surface area (Å²) in [4.78, 5) is 23.2. The third-order valence-corrected chi connectivity index (χ3v) is 2.46. The number of carbonyl (C=O) groups excluding carboxylic acids is 2. The third kappa shape index (κ3) is 3.55. The zero-order chi connectivity index (χ0) is 13.7. The molecule has 0 aliphatic carbocycles. The van der Waals surface area contributed by atoms with Crippen LogP contribution in [0.3, 0.4) is 0 Å². The van der Waals surface area contributed by atoms with E-state index in [1.54, 1.807) is 26.8 Å². The van der Waals surface area contributed by atoms with Gasteiger partial charge in [0.1, 0.15) is 11.9 Å². The summed E-state index contributed by atoms with van der Waals surface area (Å²) >= 11 is 0. The van der Waals surface area contributed by atoms with Gasteiger partial charge in [-0.25, -0.2) is 4.39 Å². The molecule has 4 nitrogen and oxygen atoms in total. The molecule has 1 unspecified atom stereocenters. The molecule has 18 heavy (non-hydrogen) atoms. The summed E-state index contributed by atoms with van der Waals surface area (Å²) in [5.74, 6) is -1.47. The van der Waals surface area contributed by atoms with Crippen LogP contribution < -0.4 is 10.6 Å². The normalized spacial score (nSPS) is 11.8. The minimum absolute atomic E-state index is 0.0586. The van der Waals surface area contributed by atoms with Gasteiger partial charge in [-0.15, -0.1) is 0 Å². The lowest BCUT2D eigenvalue weighted by Crippen LogP contribution is -2.44. The monoisotopic (exact) mass is 252 g/mol. The fourth-order valence-corrected chi connectivity index (χ4v) is 1.47. The number of amides is 2. The Kier molecular flexibility index (Phi) is 4.83. The van der Waals surface area contributed by atoms with Gasteiger partial charge >= 0.3 is 0 Å². The summed E-state index contributed by atoms with van der Waals surface area (Å²) in [5.41, 5.74) is 0.678. The summed E-state index contributed by atoms with van der Waals surface area (Å²) in [5, 5.41) is 5.03. The van der Waals surface area contributed by atoms with Gasteiger partial charge in [0.15, 0.2) is 0 Å². The predicted molar refractivity (Wildman–Crippen MR) is 66.7 cm³/mol. The van der Waals surface area contributed by atoms with Crippen LogP contribution in [0.2, 0.25) is 0 Å². The van der Waals surface area contributed by atoms with Crippen molar-refractivity contribution in [3.63, 3.8) is 0 Å². The van der Waals surface area contributed by atoms with Crippen molar-refractivity contribution in [1.29, 1.82) is 0 Å². The molecule has 5 heteroatoms. The lowest BCUT2D eigenvalue weighted by atomic mass is 10.1. The van der Waals surface area contributed by atoms with Crippen molar-refractivity contribution < 1.29 is 14.0 Å². The number of carbonyl (C=O) groups is 2. The number of hydrogen-bond acceptors (Lipinski definition) is 2. The van der Waals surface area contributed by atoms with Gasteiger partial charge in [0, 0.05) is 6.54 Å². The Morgan fingerprint density at radius 2 is 2.06 bits per heavy atom. The first-order chi connectivity index (χ1) is 8.45. The van der Waals surface area contributed by atoms with E-state index in [1.165, 1.54) is 12.1 Å². The van der Waals surface area contributed by atoms with E-state index in [-0.39, 0.29) is 11.5 Å². The van der Waals surface area contributed by atoms with Crippen LogP contribution in [0.15, 0.2) is 18.2 Å². The second kappa shape index (κ2) is 6.14. The predicted octanol–water partition coefficient (Wildman–Crippen LogP) is 1.39. The van der Waals surface area contributed by atoms with Gasteiger partial charge in [-0.2, -0.15) is 0 Å². The number of rotatable bonds is 4. The van der Waals surface area contributed by atoms with Crippen molar-refractivity contribution in [2.45, 2.75) is 26.8 Å². The molecule has 2 N–H and O–H groups in total. The Morgan fingerprint density at radius 1 is 1.39 bits per heavy atom. The van der Waals surface area contributed by atoms with Crippen LogP contribution in [0, 0.1) is 12.7 Å². The summed E-state index contributed by atoms with van der Waals surface area (Å²) in [7, 11) is 0. The second-order valence-corrected chi connectivity index (χ2v) is 4.07. The molecular formula is C13H17FN2O2. The number of likely N-dealkylation sites (N-methyl/N-ethyl adjacent to an activating group) is 1. The quantitative estimate of drug-likeness (QED) is 0.850. The van der Waals surface area contributed by atoms with Gasteiger partial charge in [0.05, 0.1) is 5.56 Å². The molecule has 0 heterocycles. The van der Waals surface area contributed by atoms with Gasteiger partial charge in [-0.3, -0.25) is 9.59 Å². The Balaban J connectivity index is 2.73. The highest BCUT2D eigenvalue weighted by atomic mass is 19.1. The Labute approximate surface area is 106 Å². The van der Waals surface area contributed by atoms with Crippen molar-refractivity contribution >= 4 is 11.8 Å². The van der Waals surface area contributed by atoms with Gasteiger partial charge in [0.2, 0.25) is 5.91 Å². The number of benzene rings is 1. The molecule has 0 saturated carbocycles. The molecule has 0 spiro atoms. The lowest BCUT2D eigenvalue weighted by Gasteiger charge is -2.13. The highest BCUT2D eigenvalue weighted by Gasteiger charge is 2.18. The average Bonchev–Trinajstić information content (AvgIpc) is 2.28. The van der Waals surface area contributed by atoms with E-state index >= 15 is 0 Å². The first kappa shape index (κ1) is 14.2. The Hall–Kier alpha value is -1.91. The molecule has 1 aromatic carbocycles. The molecule has 0 aliphatic rings. The standard InChI is InChI=1S/C13H17FN2O2/c1-4-15-12(17)9(3)16-13(18)10-6-5-8(2)7-11(10)14/h5-7,9H,4H2,1-3H3,(H,15,17)(H,16,18). The smallest absolute Gasteiger partial charge is 0.254 e. The molecular weight excluding hydrogens is 235 g/mol. The first-order valence-electron chi connectivity index (χ1n) is 5.80. The van der Waals surface area contributed by atoms with Gasteiger partial charge < -0.3 is 10.6 Å². The van der Waals surface area contributed by atoms with Crippen LogP contribution in [0.25, 0.3) is 0 Å². The van der Waals surface area contributed by atoms with Crippen molar-refractivity contribution in [2.75, 3.05) is 6.54 Å². The Morgan fingerprint density at radius 3 is 2.61 bits per heavy atom. The maximum atomic E-state index is 13.5. The molecule has 1 aromatic rings. The largest absolute Gasteiger partial charge is 0.355 e. The van der Waals surface area contributed by atoms with Crippen molar-refractivity contribution in [3.05, 3.63) is 35.1 Å². The maximum Gasteiger partial charge on any atom is 0.254 e. The molecule has 0 aliphatic heterocycles. The number of aryl methyl sites for hydroxylation is 1. The van der Waals surface area contributed by atoms with Gasteiger partial charge in [-0.05, 0) is 38.5 Å². The van der Waals surface area contributed by atoms with Gasteiger partial charge in [0.25, 0.3) is 5.91 Å².